The standard InChI is InChI=1S/C34H37Cl2F2N3O4/c1-21(2)45-28-11-10-27(37)32(38)31(28)33-30(34(43)39-25-9-4-8-24(36)19-25)26(22-6-3-7-23(35)18-22)20-29(42)41(33)13-5-12-40-14-16-44-17-15-40/h3-4,6-11,18-19,21,26,30,33H,5,12-17,20H2,1-2H3,(H,39,43)/t26-,30-,33-/m0/s1. The van der Waals surface area contributed by atoms with Crippen molar-refractivity contribution in [3.8, 4) is 5.75 Å². The van der Waals surface area contributed by atoms with Crippen molar-refractivity contribution >= 4 is 40.7 Å². The van der Waals surface area contributed by atoms with Crippen LogP contribution in [0.1, 0.15) is 49.8 Å². The quantitative estimate of drug-likeness (QED) is 0.252. The molecule has 240 valence electrons. The minimum Gasteiger partial charge on any atom is -0.491 e. The number of rotatable bonds is 10. The van der Waals surface area contributed by atoms with Crippen LogP contribution in [0.25, 0.3) is 0 Å². The van der Waals surface area contributed by atoms with Crippen molar-refractivity contribution in [2.45, 2.75) is 44.8 Å². The van der Waals surface area contributed by atoms with Gasteiger partial charge in [0, 0.05) is 54.3 Å². The third-order valence-corrected chi connectivity index (χ3v) is 8.69. The lowest BCUT2D eigenvalue weighted by atomic mass is 9.72. The summed E-state index contributed by atoms with van der Waals surface area (Å²) in [6.07, 6.45) is 0.147. The number of nitrogens with one attached hydrogen (secondary N) is 1. The van der Waals surface area contributed by atoms with Crippen molar-refractivity contribution in [2.75, 3.05) is 44.7 Å². The Balaban J connectivity index is 1.63. The van der Waals surface area contributed by atoms with Gasteiger partial charge in [-0.2, -0.15) is 0 Å². The molecule has 0 radical (unpaired) electrons. The molecule has 3 aromatic rings. The molecule has 0 aliphatic carbocycles. The maximum atomic E-state index is 16.1. The first-order chi connectivity index (χ1) is 21.6. The molecule has 2 aliphatic rings. The van der Waals surface area contributed by atoms with E-state index in [9.17, 15) is 9.59 Å². The molecule has 45 heavy (non-hydrogen) atoms. The van der Waals surface area contributed by atoms with E-state index < -0.39 is 35.4 Å². The highest BCUT2D eigenvalue weighted by Gasteiger charge is 2.49. The van der Waals surface area contributed by atoms with Crippen LogP contribution in [0.3, 0.4) is 0 Å². The molecule has 3 aromatic carbocycles. The molecule has 2 aliphatic heterocycles. The van der Waals surface area contributed by atoms with Gasteiger partial charge >= 0.3 is 0 Å². The van der Waals surface area contributed by atoms with Gasteiger partial charge in [0.1, 0.15) is 5.75 Å². The van der Waals surface area contributed by atoms with Gasteiger partial charge in [-0.25, -0.2) is 8.78 Å². The minimum absolute atomic E-state index is 0.0284. The highest BCUT2D eigenvalue weighted by atomic mass is 35.5. The van der Waals surface area contributed by atoms with Crippen LogP contribution in [0.15, 0.2) is 60.7 Å². The van der Waals surface area contributed by atoms with E-state index in [1.807, 2.05) is 0 Å². The molecule has 2 heterocycles. The molecule has 1 N–H and O–H groups in total. The number of morpholine rings is 1. The molecule has 11 heteroatoms. The zero-order valence-corrected chi connectivity index (χ0v) is 26.8. The van der Waals surface area contributed by atoms with Gasteiger partial charge in [0.2, 0.25) is 11.8 Å². The number of benzene rings is 3. The fourth-order valence-corrected chi connectivity index (χ4v) is 6.64. The highest BCUT2D eigenvalue weighted by molar-refractivity contribution is 6.31. The Morgan fingerprint density at radius 2 is 1.73 bits per heavy atom. The SMILES string of the molecule is CC(C)Oc1ccc(F)c(F)c1[C@@H]1[C@@H](C(=O)Nc2cccc(Cl)c2)[C@H](c2cccc(Cl)c2)CC(=O)N1CCCN1CCOCC1. The molecule has 0 spiro atoms. The molecule has 2 fully saturated rings. The van der Waals surface area contributed by atoms with Crippen LogP contribution in [-0.2, 0) is 14.3 Å². The van der Waals surface area contributed by atoms with E-state index in [-0.39, 0.29) is 36.3 Å². The lowest BCUT2D eigenvalue weighted by molar-refractivity contribution is -0.143. The van der Waals surface area contributed by atoms with E-state index >= 15 is 8.78 Å². The molecule has 5 rings (SSSR count). The average molecular weight is 661 g/mol. The van der Waals surface area contributed by atoms with Gasteiger partial charge < -0.3 is 19.7 Å². The maximum absolute atomic E-state index is 16.1. The minimum atomic E-state index is -1.19. The Labute approximate surface area is 272 Å². The number of ether oxygens (including phenoxy) is 2. The summed E-state index contributed by atoms with van der Waals surface area (Å²) in [5, 5.41) is 3.78. The summed E-state index contributed by atoms with van der Waals surface area (Å²) in [4.78, 5) is 32.3. The zero-order chi connectivity index (χ0) is 32.1. The summed E-state index contributed by atoms with van der Waals surface area (Å²) in [7, 11) is 0. The second-order valence-corrected chi connectivity index (χ2v) is 12.5. The first kappa shape index (κ1) is 33.1. The number of halogens is 4. The van der Waals surface area contributed by atoms with Crippen molar-refractivity contribution in [3.05, 3.63) is 93.5 Å². The molecule has 2 amide bonds. The predicted molar refractivity (Wildman–Crippen MR) is 171 cm³/mol. The van der Waals surface area contributed by atoms with E-state index in [1.165, 1.54) is 11.0 Å². The number of carbonyl (C=O) groups is 2. The molecule has 2 saturated heterocycles. The lowest BCUT2D eigenvalue weighted by Gasteiger charge is -2.45. The van der Waals surface area contributed by atoms with Gasteiger partial charge in [0.05, 0.1) is 36.8 Å². The van der Waals surface area contributed by atoms with Crippen molar-refractivity contribution in [2.24, 2.45) is 5.92 Å². The number of piperidine rings is 1. The molecular formula is C34H37Cl2F2N3O4. The van der Waals surface area contributed by atoms with Crippen molar-refractivity contribution < 1.29 is 27.8 Å². The van der Waals surface area contributed by atoms with Crippen molar-refractivity contribution in [1.82, 2.24) is 9.80 Å². The van der Waals surface area contributed by atoms with Crippen LogP contribution in [0.4, 0.5) is 14.5 Å². The molecule has 0 unspecified atom stereocenters. The number of hydrogen-bond acceptors (Lipinski definition) is 5. The summed E-state index contributed by atoms with van der Waals surface area (Å²) in [5.74, 6) is -4.68. The van der Waals surface area contributed by atoms with Crippen molar-refractivity contribution in [3.63, 3.8) is 0 Å². The summed E-state index contributed by atoms with van der Waals surface area (Å²) in [5.41, 5.74) is 0.912. The second kappa shape index (κ2) is 14.9. The largest absolute Gasteiger partial charge is 0.491 e. The van der Waals surface area contributed by atoms with Crippen LogP contribution in [-0.4, -0.2) is 67.1 Å². The fraction of sp³-hybridized carbons (Fsp3) is 0.412. The fourth-order valence-electron chi connectivity index (χ4n) is 6.25. The van der Waals surface area contributed by atoms with Gasteiger partial charge in [-0.15, -0.1) is 0 Å². The number of likely N-dealkylation sites (tertiary alicyclic amines) is 1. The average Bonchev–Trinajstić information content (AvgIpc) is 3.00. The first-order valence-electron chi connectivity index (χ1n) is 15.2. The van der Waals surface area contributed by atoms with Crippen LogP contribution < -0.4 is 10.1 Å². The normalized spacial score (nSPS) is 20.8. The van der Waals surface area contributed by atoms with Crippen LogP contribution in [0.2, 0.25) is 10.0 Å². The number of amides is 2. The van der Waals surface area contributed by atoms with Gasteiger partial charge in [-0.3, -0.25) is 14.5 Å². The topological polar surface area (TPSA) is 71.1 Å². The Morgan fingerprint density at radius 3 is 2.42 bits per heavy atom. The Kier molecular flexibility index (Phi) is 11.0. The molecular weight excluding hydrogens is 623 g/mol. The van der Waals surface area contributed by atoms with Gasteiger partial charge in [0.15, 0.2) is 11.6 Å². The molecule has 3 atom stereocenters. The molecule has 7 nitrogen and oxygen atoms in total. The summed E-state index contributed by atoms with van der Waals surface area (Å²) in [6.45, 7) is 7.24. The summed E-state index contributed by atoms with van der Waals surface area (Å²) in [6, 6.07) is 14.8. The number of nitrogens with zero attached hydrogens (tertiary/aromatic N) is 2. The summed E-state index contributed by atoms with van der Waals surface area (Å²) < 4.78 is 42.7. The second-order valence-electron chi connectivity index (χ2n) is 11.7. The number of carbonyl (C=O) groups excluding carboxylic acids is 2. The van der Waals surface area contributed by atoms with Gasteiger partial charge in [-0.1, -0.05) is 41.4 Å². The monoisotopic (exact) mass is 659 g/mol. The lowest BCUT2D eigenvalue weighted by Crippen LogP contribution is -2.51. The van der Waals surface area contributed by atoms with E-state index in [1.54, 1.807) is 62.4 Å². The third kappa shape index (κ3) is 7.95. The molecule has 0 bridgehead atoms. The smallest absolute Gasteiger partial charge is 0.230 e. The first-order valence-corrected chi connectivity index (χ1v) is 15.9. The summed E-state index contributed by atoms with van der Waals surface area (Å²) >= 11 is 12.6. The maximum Gasteiger partial charge on any atom is 0.230 e. The molecule has 0 aromatic heterocycles. The zero-order valence-electron chi connectivity index (χ0n) is 25.3. The van der Waals surface area contributed by atoms with Crippen molar-refractivity contribution in [1.29, 1.82) is 0 Å². The van der Waals surface area contributed by atoms with E-state index in [0.29, 0.717) is 47.5 Å². The highest BCUT2D eigenvalue weighted by Crippen LogP contribution is 2.49. The molecule has 0 saturated carbocycles. The third-order valence-electron chi connectivity index (χ3n) is 8.22. The van der Waals surface area contributed by atoms with Crippen LogP contribution in [0, 0.1) is 17.6 Å². The van der Waals surface area contributed by atoms with E-state index in [2.05, 4.69) is 10.2 Å². The van der Waals surface area contributed by atoms with E-state index in [4.69, 9.17) is 32.7 Å². The van der Waals surface area contributed by atoms with Crippen LogP contribution >= 0.6 is 23.2 Å². The van der Waals surface area contributed by atoms with Gasteiger partial charge in [-0.05, 0) is 68.3 Å². The van der Waals surface area contributed by atoms with Gasteiger partial charge in [0.25, 0.3) is 0 Å². The predicted octanol–water partition coefficient (Wildman–Crippen LogP) is 7.09. The number of anilines is 1. The Hall–Kier alpha value is -3.24. The Morgan fingerprint density at radius 1 is 1.02 bits per heavy atom. The van der Waals surface area contributed by atoms with E-state index in [0.717, 1.165) is 19.2 Å². The Bertz CT molecular complexity index is 1520. The number of hydrogen-bond donors (Lipinski definition) is 1. The van der Waals surface area contributed by atoms with Crippen LogP contribution in [0.5, 0.6) is 5.75 Å².